The van der Waals surface area contributed by atoms with Crippen LogP contribution in [0.3, 0.4) is 0 Å². The molecule has 1 heterocycles. The average molecular weight is 248 g/mol. The van der Waals surface area contributed by atoms with Gasteiger partial charge in [-0.3, -0.25) is 4.99 Å². The van der Waals surface area contributed by atoms with Crippen molar-refractivity contribution in [3.05, 3.63) is 12.0 Å². The van der Waals surface area contributed by atoms with Crippen LogP contribution in [0, 0.1) is 18.8 Å². The zero-order chi connectivity index (χ0) is 13.7. The van der Waals surface area contributed by atoms with Crippen molar-refractivity contribution in [2.24, 2.45) is 16.8 Å². The predicted molar refractivity (Wildman–Crippen MR) is 77.9 cm³/mol. The van der Waals surface area contributed by atoms with Crippen LogP contribution < -0.4 is 4.90 Å². The Hall–Kier alpha value is -1.45. The maximum Gasteiger partial charge on any atom is 0.157 e. The maximum atomic E-state index is 4.63. The van der Waals surface area contributed by atoms with Gasteiger partial charge in [-0.2, -0.15) is 0 Å². The van der Waals surface area contributed by atoms with Crippen molar-refractivity contribution in [2.45, 2.75) is 34.1 Å². The number of hydrogen-bond acceptors (Lipinski definition) is 4. The van der Waals surface area contributed by atoms with Crippen molar-refractivity contribution in [1.82, 2.24) is 9.97 Å². The molecule has 18 heavy (non-hydrogen) atoms. The van der Waals surface area contributed by atoms with Gasteiger partial charge in [0.2, 0.25) is 0 Å². The highest BCUT2D eigenvalue weighted by atomic mass is 15.2. The van der Waals surface area contributed by atoms with Gasteiger partial charge in [0, 0.05) is 20.3 Å². The van der Waals surface area contributed by atoms with E-state index in [0.29, 0.717) is 11.8 Å². The quantitative estimate of drug-likeness (QED) is 0.751. The van der Waals surface area contributed by atoms with Gasteiger partial charge in [-0.15, -0.1) is 0 Å². The van der Waals surface area contributed by atoms with Gasteiger partial charge >= 0.3 is 0 Å². The third-order valence-corrected chi connectivity index (χ3v) is 3.13. The summed E-state index contributed by atoms with van der Waals surface area (Å²) in [5.41, 5.74) is 1.80. The lowest BCUT2D eigenvalue weighted by molar-refractivity contribution is 0.489. The van der Waals surface area contributed by atoms with Crippen LogP contribution in [0.5, 0.6) is 0 Å². The smallest absolute Gasteiger partial charge is 0.157 e. The van der Waals surface area contributed by atoms with Crippen LogP contribution in [0.25, 0.3) is 0 Å². The first-order chi connectivity index (χ1) is 8.47. The van der Waals surface area contributed by atoms with E-state index in [-0.39, 0.29) is 0 Å². The summed E-state index contributed by atoms with van der Waals surface area (Å²) in [6, 6.07) is 0. The molecule has 1 aromatic rings. The Morgan fingerprint density at radius 3 is 2.50 bits per heavy atom. The van der Waals surface area contributed by atoms with Gasteiger partial charge in [0.25, 0.3) is 0 Å². The first kappa shape index (κ1) is 14.6. The molecular weight excluding hydrogens is 224 g/mol. The summed E-state index contributed by atoms with van der Waals surface area (Å²) < 4.78 is 0. The van der Waals surface area contributed by atoms with Crippen LogP contribution in [-0.4, -0.2) is 30.3 Å². The molecule has 1 atom stereocenters. The molecule has 0 saturated carbocycles. The summed E-state index contributed by atoms with van der Waals surface area (Å²) >= 11 is 0. The van der Waals surface area contributed by atoms with E-state index < -0.39 is 0 Å². The van der Waals surface area contributed by atoms with E-state index in [2.05, 4.69) is 35.7 Å². The van der Waals surface area contributed by atoms with Crippen LogP contribution in [0.15, 0.2) is 11.3 Å². The summed E-state index contributed by atoms with van der Waals surface area (Å²) in [4.78, 5) is 15.1. The minimum absolute atomic E-state index is 0.500. The van der Waals surface area contributed by atoms with E-state index in [1.807, 2.05) is 32.1 Å². The van der Waals surface area contributed by atoms with Crippen molar-refractivity contribution in [3.63, 3.8) is 0 Å². The van der Waals surface area contributed by atoms with E-state index in [1.54, 1.807) is 6.33 Å². The van der Waals surface area contributed by atoms with E-state index in [0.717, 1.165) is 23.6 Å². The number of hydrogen-bond donors (Lipinski definition) is 0. The Kier molecular flexibility index (Phi) is 5.25. The third-order valence-electron chi connectivity index (χ3n) is 3.13. The van der Waals surface area contributed by atoms with Gasteiger partial charge in [-0.1, -0.05) is 20.8 Å². The van der Waals surface area contributed by atoms with E-state index >= 15 is 0 Å². The number of aryl methyl sites for hydroxylation is 1. The van der Waals surface area contributed by atoms with Gasteiger partial charge in [0.15, 0.2) is 5.82 Å². The zero-order valence-corrected chi connectivity index (χ0v) is 12.3. The van der Waals surface area contributed by atoms with Crippen LogP contribution in [0.1, 0.15) is 32.9 Å². The molecule has 0 amide bonds. The van der Waals surface area contributed by atoms with Crippen molar-refractivity contribution in [3.8, 4) is 0 Å². The molecule has 0 saturated heterocycles. The fourth-order valence-corrected chi connectivity index (χ4v) is 1.85. The number of aliphatic imine (C=N–C) groups is 1. The van der Waals surface area contributed by atoms with Gasteiger partial charge in [-0.25, -0.2) is 9.97 Å². The Morgan fingerprint density at radius 1 is 1.33 bits per heavy atom. The minimum atomic E-state index is 0.500. The second kappa shape index (κ2) is 6.47. The number of nitrogens with zero attached hydrogens (tertiary/aromatic N) is 4. The second-order valence-corrected chi connectivity index (χ2v) is 5.12. The van der Waals surface area contributed by atoms with Crippen molar-refractivity contribution >= 4 is 17.7 Å². The normalized spacial score (nSPS) is 13.3. The van der Waals surface area contributed by atoms with Gasteiger partial charge < -0.3 is 4.90 Å². The van der Waals surface area contributed by atoms with Gasteiger partial charge in [-0.05, 0) is 25.2 Å². The topological polar surface area (TPSA) is 41.4 Å². The van der Waals surface area contributed by atoms with Crippen LogP contribution >= 0.6 is 0 Å². The van der Waals surface area contributed by atoms with E-state index in [1.165, 1.54) is 0 Å². The molecule has 0 fully saturated rings. The Labute approximate surface area is 110 Å². The van der Waals surface area contributed by atoms with Gasteiger partial charge in [0.05, 0.1) is 5.69 Å². The first-order valence-corrected chi connectivity index (χ1v) is 6.50. The molecule has 0 spiro atoms. The molecule has 4 heteroatoms. The van der Waals surface area contributed by atoms with Crippen LogP contribution in [0.4, 0.5) is 11.5 Å². The van der Waals surface area contributed by atoms with Crippen molar-refractivity contribution in [2.75, 3.05) is 19.0 Å². The Balaban J connectivity index is 3.06. The highest BCUT2D eigenvalue weighted by Crippen LogP contribution is 2.27. The van der Waals surface area contributed by atoms with Gasteiger partial charge in [0.1, 0.15) is 12.0 Å². The highest BCUT2D eigenvalue weighted by Gasteiger charge is 2.11. The summed E-state index contributed by atoms with van der Waals surface area (Å²) in [5, 5.41) is 0. The summed E-state index contributed by atoms with van der Waals surface area (Å²) in [6.45, 7) is 8.61. The Bertz CT molecular complexity index is 410. The summed E-state index contributed by atoms with van der Waals surface area (Å²) in [5.74, 6) is 1.98. The lowest BCUT2D eigenvalue weighted by Crippen LogP contribution is -2.12. The summed E-state index contributed by atoms with van der Waals surface area (Å²) in [7, 11) is 3.95. The highest BCUT2D eigenvalue weighted by molar-refractivity contribution is 5.73. The second-order valence-electron chi connectivity index (χ2n) is 5.12. The standard InChI is InChI=1S/C14H24N4/c1-7-12(10(2)3)8-15-13-11(4)16-9-17-14(13)18(5)6/h8-10,12H,7H2,1-6H3. The lowest BCUT2D eigenvalue weighted by Gasteiger charge is -2.16. The predicted octanol–water partition coefficient (Wildman–Crippen LogP) is 3.24. The number of anilines is 1. The monoisotopic (exact) mass is 248 g/mol. The molecule has 0 aromatic carbocycles. The molecule has 0 aliphatic carbocycles. The molecule has 0 radical (unpaired) electrons. The molecule has 0 aliphatic heterocycles. The molecule has 0 aliphatic rings. The first-order valence-electron chi connectivity index (χ1n) is 6.50. The van der Waals surface area contributed by atoms with Crippen LogP contribution in [0.2, 0.25) is 0 Å². The fourth-order valence-electron chi connectivity index (χ4n) is 1.85. The number of rotatable bonds is 5. The molecule has 1 unspecified atom stereocenters. The summed E-state index contributed by atoms with van der Waals surface area (Å²) in [6.07, 6.45) is 4.73. The SMILES string of the molecule is CCC(C=Nc1c(C)ncnc1N(C)C)C(C)C. The number of aromatic nitrogens is 2. The van der Waals surface area contributed by atoms with E-state index in [4.69, 9.17) is 0 Å². The molecule has 4 nitrogen and oxygen atoms in total. The average Bonchev–Trinajstić information content (AvgIpc) is 2.30. The van der Waals surface area contributed by atoms with Crippen molar-refractivity contribution < 1.29 is 0 Å². The Morgan fingerprint density at radius 2 is 2.00 bits per heavy atom. The lowest BCUT2D eigenvalue weighted by atomic mass is 9.95. The maximum absolute atomic E-state index is 4.63. The molecule has 1 aromatic heterocycles. The van der Waals surface area contributed by atoms with Crippen LogP contribution in [-0.2, 0) is 0 Å². The fraction of sp³-hybridized carbons (Fsp3) is 0.643. The van der Waals surface area contributed by atoms with Crippen molar-refractivity contribution in [1.29, 1.82) is 0 Å². The zero-order valence-electron chi connectivity index (χ0n) is 12.3. The molecular formula is C14H24N4. The molecule has 0 N–H and O–H groups in total. The molecule has 100 valence electrons. The minimum Gasteiger partial charge on any atom is -0.361 e. The third kappa shape index (κ3) is 3.52. The molecule has 0 bridgehead atoms. The largest absolute Gasteiger partial charge is 0.361 e. The molecule has 1 rings (SSSR count). The van der Waals surface area contributed by atoms with E-state index in [9.17, 15) is 0 Å².